The molecule has 14 heavy (non-hydrogen) atoms. The van der Waals surface area contributed by atoms with Crippen molar-refractivity contribution in [2.45, 2.75) is 32.3 Å². The van der Waals surface area contributed by atoms with E-state index in [4.69, 9.17) is 9.84 Å². The predicted octanol–water partition coefficient (Wildman–Crippen LogP) is 1.09. The highest BCUT2D eigenvalue weighted by molar-refractivity contribution is 5.86. The van der Waals surface area contributed by atoms with E-state index in [9.17, 15) is 9.59 Å². The molecule has 0 aromatic heterocycles. The fraction of sp³-hybridized carbons (Fsp3) is 0.800. The van der Waals surface area contributed by atoms with E-state index >= 15 is 0 Å². The molecule has 1 aliphatic heterocycles. The maximum atomic E-state index is 10.8. The number of carboxylic acid groups (broad SMARTS) is 1. The van der Waals surface area contributed by atoms with Gasteiger partial charge < -0.3 is 14.6 Å². The molecule has 2 atom stereocenters. The average Bonchev–Trinajstić information content (AvgIpc) is 2.02. The molecular formula is C10H16O4. The molecule has 0 aromatic rings. The Bertz CT molecular complexity index is 234. The lowest BCUT2D eigenvalue weighted by molar-refractivity contribution is -0.150. The Morgan fingerprint density at radius 1 is 1.64 bits per heavy atom. The average molecular weight is 200 g/mol. The normalized spacial score (nSPS) is 28.0. The summed E-state index contributed by atoms with van der Waals surface area (Å²) in [6, 6.07) is 0. The summed E-state index contributed by atoms with van der Waals surface area (Å²) in [6.07, 6.45) is 1.82. The number of carboxylic acids is 1. The lowest BCUT2D eigenvalue weighted by Crippen LogP contribution is -2.39. The molecule has 0 spiro atoms. The van der Waals surface area contributed by atoms with E-state index in [0.29, 0.717) is 25.7 Å². The van der Waals surface area contributed by atoms with Gasteiger partial charge in [0.15, 0.2) is 0 Å². The van der Waals surface area contributed by atoms with Crippen LogP contribution in [-0.2, 0) is 14.3 Å². The summed E-state index contributed by atoms with van der Waals surface area (Å²) in [5, 5.41) is 8.82. The smallest absolute Gasteiger partial charge is 0.314 e. The van der Waals surface area contributed by atoms with Crippen LogP contribution in [0.25, 0.3) is 0 Å². The van der Waals surface area contributed by atoms with E-state index in [0.717, 1.165) is 0 Å². The van der Waals surface area contributed by atoms with Crippen LogP contribution < -0.4 is 0 Å². The first-order valence-electron chi connectivity index (χ1n) is 4.78. The maximum absolute atomic E-state index is 10.8. The number of ether oxygens (including phenoxy) is 1. The number of aldehydes is 1. The summed E-state index contributed by atoms with van der Waals surface area (Å²) in [6.45, 7) is 4.38. The standard InChI is InChI=1S/C10H16O4/c1-10(2)5-7(3-4-14-10)8(6-11)9(12)13/h6-8H,3-5H2,1-2H3,(H,12,13). The van der Waals surface area contributed by atoms with Gasteiger partial charge in [-0.25, -0.2) is 0 Å². The van der Waals surface area contributed by atoms with E-state index in [1.54, 1.807) is 0 Å². The molecule has 1 saturated heterocycles. The van der Waals surface area contributed by atoms with E-state index < -0.39 is 11.9 Å². The maximum Gasteiger partial charge on any atom is 0.314 e. The van der Waals surface area contributed by atoms with Gasteiger partial charge in [-0.1, -0.05) is 0 Å². The minimum absolute atomic E-state index is 0.0891. The zero-order valence-electron chi connectivity index (χ0n) is 8.53. The highest BCUT2D eigenvalue weighted by Crippen LogP contribution is 2.32. The van der Waals surface area contributed by atoms with Crippen LogP contribution in [0.3, 0.4) is 0 Å². The van der Waals surface area contributed by atoms with Crippen molar-refractivity contribution in [3.63, 3.8) is 0 Å². The number of carbonyl (C=O) groups excluding carboxylic acids is 1. The molecule has 0 aromatic carbocycles. The number of carbonyl (C=O) groups is 2. The largest absolute Gasteiger partial charge is 0.481 e. The summed E-state index contributed by atoms with van der Waals surface area (Å²) < 4.78 is 5.46. The van der Waals surface area contributed by atoms with E-state index in [1.807, 2.05) is 13.8 Å². The van der Waals surface area contributed by atoms with Gasteiger partial charge in [0.2, 0.25) is 0 Å². The van der Waals surface area contributed by atoms with Gasteiger partial charge >= 0.3 is 5.97 Å². The molecule has 1 aliphatic rings. The van der Waals surface area contributed by atoms with Crippen molar-refractivity contribution in [1.29, 1.82) is 0 Å². The van der Waals surface area contributed by atoms with E-state index in [1.165, 1.54) is 0 Å². The Hall–Kier alpha value is -0.900. The van der Waals surface area contributed by atoms with Crippen molar-refractivity contribution in [3.8, 4) is 0 Å². The van der Waals surface area contributed by atoms with Crippen LogP contribution in [-0.4, -0.2) is 29.6 Å². The number of hydrogen-bond donors (Lipinski definition) is 1. The van der Waals surface area contributed by atoms with Crippen LogP contribution in [0.4, 0.5) is 0 Å². The Kier molecular flexibility index (Phi) is 3.26. The molecule has 1 N–H and O–H groups in total. The molecule has 80 valence electrons. The Morgan fingerprint density at radius 2 is 2.29 bits per heavy atom. The zero-order valence-corrected chi connectivity index (χ0v) is 8.53. The highest BCUT2D eigenvalue weighted by Gasteiger charge is 2.36. The summed E-state index contributed by atoms with van der Waals surface area (Å²) >= 11 is 0. The molecule has 4 heteroatoms. The van der Waals surface area contributed by atoms with Gasteiger partial charge in [-0.05, 0) is 32.6 Å². The SMILES string of the molecule is CC1(C)CC(C(C=O)C(=O)O)CCO1. The molecule has 0 saturated carbocycles. The molecule has 0 bridgehead atoms. The Balaban J connectivity index is 2.67. The van der Waals surface area contributed by atoms with Gasteiger partial charge in [0.25, 0.3) is 0 Å². The minimum atomic E-state index is -1.03. The monoisotopic (exact) mass is 200 g/mol. The van der Waals surface area contributed by atoms with E-state index in [2.05, 4.69) is 0 Å². The highest BCUT2D eigenvalue weighted by atomic mass is 16.5. The summed E-state index contributed by atoms with van der Waals surface area (Å²) in [5.74, 6) is -1.99. The van der Waals surface area contributed by atoms with Gasteiger partial charge in [0, 0.05) is 6.61 Å². The van der Waals surface area contributed by atoms with E-state index in [-0.39, 0.29) is 11.5 Å². The fourth-order valence-electron chi connectivity index (χ4n) is 1.96. The first-order valence-corrected chi connectivity index (χ1v) is 4.78. The summed E-state index contributed by atoms with van der Waals surface area (Å²) in [7, 11) is 0. The second-order valence-corrected chi connectivity index (χ2v) is 4.36. The Labute approximate surface area is 83.2 Å². The number of aliphatic carboxylic acids is 1. The minimum Gasteiger partial charge on any atom is -0.481 e. The second-order valence-electron chi connectivity index (χ2n) is 4.36. The van der Waals surface area contributed by atoms with Gasteiger partial charge in [0.1, 0.15) is 12.2 Å². The fourth-order valence-corrected chi connectivity index (χ4v) is 1.96. The van der Waals surface area contributed by atoms with Crippen LogP contribution in [0.15, 0.2) is 0 Å². The third-order valence-electron chi connectivity index (χ3n) is 2.67. The third-order valence-corrected chi connectivity index (χ3v) is 2.67. The van der Waals surface area contributed by atoms with Crippen molar-refractivity contribution in [1.82, 2.24) is 0 Å². The molecule has 1 rings (SSSR count). The molecule has 2 unspecified atom stereocenters. The Morgan fingerprint density at radius 3 is 2.71 bits per heavy atom. The predicted molar refractivity (Wildman–Crippen MR) is 49.9 cm³/mol. The topological polar surface area (TPSA) is 63.6 Å². The first-order chi connectivity index (χ1) is 6.46. The summed E-state index contributed by atoms with van der Waals surface area (Å²) in [4.78, 5) is 21.4. The zero-order chi connectivity index (χ0) is 10.8. The van der Waals surface area contributed by atoms with Crippen LogP contribution >= 0.6 is 0 Å². The lowest BCUT2D eigenvalue weighted by atomic mass is 9.80. The van der Waals surface area contributed by atoms with Crippen molar-refractivity contribution < 1.29 is 19.4 Å². The number of rotatable bonds is 3. The van der Waals surface area contributed by atoms with Crippen molar-refractivity contribution in [3.05, 3.63) is 0 Å². The number of hydrogen-bond acceptors (Lipinski definition) is 3. The van der Waals surface area contributed by atoms with Gasteiger partial charge in [0.05, 0.1) is 5.60 Å². The van der Waals surface area contributed by atoms with Crippen molar-refractivity contribution in [2.75, 3.05) is 6.61 Å². The molecule has 0 radical (unpaired) electrons. The van der Waals surface area contributed by atoms with Crippen molar-refractivity contribution in [2.24, 2.45) is 11.8 Å². The van der Waals surface area contributed by atoms with Gasteiger partial charge in [-0.2, -0.15) is 0 Å². The molecule has 1 heterocycles. The molecule has 1 fully saturated rings. The molecular weight excluding hydrogens is 184 g/mol. The van der Waals surface area contributed by atoms with Crippen LogP contribution in [0.1, 0.15) is 26.7 Å². The van der Waals surface area contributed by atoms with Crippen LogP contribution in [0.5, 0.6) is 0 Å². The van der Waals surface area contributed by atoms with Crippen LogP contribution in [0, 0.1) is 11.8 Å². The second kappa shape index (κ2) is 4.09. The van der Waals surface area contributed by atoms with Gasteiger partial charge in [-0.15, -0.1) is 0 Å². The molecule has 0 amide bonds. The van der Waals surface area contributed by atoms with Crippen molar-refractivity contribution >= 4 is 12.3 Å². The summed E-state index contributed by atoms with van der Waals surface area (Å²) in [5.41, 5.74) is -0.306. The third kappa shape index (κ3) is 2.54. The lowest BCUT2D eigenvalue weighted by Gasteiger charge is -2.36. The quantitative estimate of drug-likeness (QED) is 0.547. The van der Waals surface area contributed by atoms with Gasteiger partial charge in [-0.3, -0.25) is 4.79 Å². The first kappa shape index (κ1) is 11.2. The van der Waals surface area contributed by atoms with Crippen LogP contribution in [0.2, 0.25) is 0 Å². The molecule has 0 aliphatic carbocycles. The molecule has 4 nitrogen and oxygen atoms in total.